The number of anilines is 1. The Bertz CT molecular complexity index is 1230. The summed E-state index contributed by atoms with van der Waals surface area (Å²) < 4.78 is 25.3. The quantitative estimate of drug-likeness (QED) is 0.495. The highest BCUT2D eigenvalue weighted by atomic mass is 19.1. The van der Waals surface area contributed by atoms with Crippen LogP contribution in [0, 0.1) is 22.6 Å². The van der Waals surface area contributed by atoms with Gasteiger partial charge in [0.1, 0.15) is 5.82 Å². The van der Waals surface area contributed by atoms with Gasteiger partial charge in [0, 0.05) is 32.4 Å². The molecule has 0 aliphatic carbocycles. The number of aromatic nitrogens is 4. The van der Waals surface area contributed by atoms with E-state index < -0.39 is 11.7 Å². The summed E-state index contributed by atoms with van der Waals surface area (Å²) in [7, 11) is 3.69. The summed E-state index contributed by atoms with van der Waals surface area (Å²) in [5, 5.41) is 11.4. The lowest BCUT2D eigenvalue weighted by molar-refractivity contribution is -0.231. The van der Waals surface area contributed by atoms with Crippen LogP contribution in [0.25, 0.3) is 22.6 Å². The van der Waals surface area contributed by atoms with E-state index in [0.717, 1.165) is 0 Å². The number of carbonyl (C=O) groups is 1. The van der Waals surface area contributed by atoms with Gasteiger partial charge in [0.15, 0.2) is 5.82 Å². The largest absolute Gasteiger partial charge is 0.354 e. The molecule has 0 unspecified atom stereocenters. The number of imidazole rings is 1. The predicted molar refractivity (Wildman–Crippen MR) is 125 cm³/mol. The summed E-state index contributed by atoms with van der Waals surface area (Å²) >= 11 is 0. The molecule has 35 heavy (non-hydrogen) atoms. The summed E-state index contributed by atoms with van der Waals surface area (Å²) in [6, 6.07) is 9.75. The van der Waals surface area contributed by atoms with Crippen LogP contribution in [-0.4, -0.2) is 59.7 Å². The first-order valence-electron chi connectivity index (χ1n) is 11.1. The van der Waals surface area contributed by atoms with Gasteiger partial charge in [-0.3, -0.25) is 4.79 Å². The maximum absolute atomic E-state index is 13.6. The minimum atomic E-state index is -0.894. The number of nitriles is 1. The SMILES string of the molecule is CN(C)c1nccc(-c2[nH]c(C3OCC(C)(C(=O)NCCC#N)CO3)nc2-c2ccc(F)cc2)n1. The van der Waals surface area contributed by atoms with Gasteiger partial charge in [-0.2, -0.15) is 5.26 Å². The van der Waals surface area contributed by atoms with Crippen LogP contribution in [0.5, 0.6) is 0 Å². The number of benzene rings is 1. The fraction of sp³-hybridized carbons (Fsp3) is 0.375. The molecule has 1 fully saturated rings. The zero-order chi connectivity index (χ0) is 25.0. The molecule has 1 saturated heterocycles. The second kappa shape index (κ2) is 10.2. The number of nitrogens with zero attached hydrogens (tertiary/aromatic N) is 5. The normalized spacial score (nSPS) is 19.7. The number of rotatable bonds is 7. The van der Waals surface area contributed by atoms with Crippen molar-refractivity contribution in [3.05, 3.63) is 48.2 Å². The second-order valence-electron chi connectivity index (χ2n) is 8.67. The van der Waals surface area contributed by atoms with Crippen LogP contribution >= 0.6 is 0 Å². The molecule has 1 aliphatic heterocycles. The van der Waals surface area contributed by atoms with Gasteiger partial charge in [-0.1, -0.05) is 0 Å². The van der Waals surface area contributed by atoms with E-state index in [1.807, 2.05) is 20.2 Å². The molecule has 3 heterocycles. The molecule has 1 amide bonds. The molecule has 4 rings (SSSR count). The van der Waals surface area contributed by atoms with Gasteiger partial charge in [-0.15, -0.1) is 0 Å². The van der Waals surface area contributed by atoms with E-state index in [9.17, 15) is 9.18 Å². The Morgan fingerprint density at radius 3 is 2.63 bits per heavy atom. The highest BCUT2D eigenvalue weighted by molar-refractivity contribution is 5.82. The van der Waals surface area contributed by atoms with Crippen LogP contribution in [0.3, 0.4) is 0 Å². The number of nitrogens with one attached hydrogen (secondary N) is 2. The Morgan fingerprint density at radius 1 is 1.26 bits per heavy atom. The third kappa shape index (κ3) is 5.29. The summed E-state index contributed by atoms with van der Waals surface area (Å²) in [5.74, 6) is 0.327. The molecule has 3 aromatic rings. The number of hydrogen-bond donors (Lipinski definition) is 2. The fourth-order valence-electron chi connectivity index (χ4n) is 3.55. The van der Waals surface area contributed by atoms with E-state index >= 15 is 0 Å². The Labute approximate surface area is 202 Å². The molecule has 0 atom stereocenters. The molecular weight excluding hydrogens is 453 g/mol. The van der Waals surface area contributed by atoms with Crippen molar-refractivity contribution in [1.29, 1.82) is 5.26 Å². The summed E-state index contributed by atoms with van der Waals surface area (Å²) in [5.41, 5.74) is 1.55. The number of amides is 1. The van der Waals surface area contributed by atoms with Gasteiger partial charge in [-0.25, -0.2) is 19.3 Å². The van der Waals surface area contributed by atoms with Crippen molar-refractivity contribution in [3.8, 4) is 28.7 Å². The monoisotopic (exact) mass is 479 g/mol. The summed E-state index contributed by atoms with van der Waals surface area (Å²) in [6.45, 7) is 2.23. The van der Waals surface area contributed by atoms with E-state index in [1.165, 1.54) is 12.1 Å². The zero-order valence-electron chi connectivity index (χ0n) is 19.7. The molecule has 1 aromatic carbocycles. The Morgan fingerprint density at radius 2 is 1.97 bits per heavy atom. The van der Waals surface area contributed by atoms with Gasteiger partial charge >= 0.3 is 0 Å². The van der Waals surface area contributed by atoms with E-state index in [4.69, 9.17) is 19.7 Å². The van der Waals surface area contributed by atoms with Crippen LogP contribution in [0.15, 0.2) is 36.5 Å². The molecule has 0 radical (unpaired) electrons. The van der Waals surface area contributed by atoms with Crippen molar-refractivity contribution in [3.63, 3.8) is 0 Å². The van der Waals surface area contributed by atoms with Crippen molar-refractivity contribution >= 4 is 11.9 Å². The van der Waals surface area contributed by atoms with Gasteiger partial charge in [0.2, 0.25) is 18.1 Å². The number of aromatic amines is 1. The molecule has 2 aromatic heterocycles. The second-order valence-corrected chi connectivity index (χ2v) is 8.67. The van der Waals surface area contributed by atoms with Crippen molar-refractivity contribution < 1.29 is 18.7 Å². The Balaban J connectivity index is 1.62. The Hall–Kier alpha value is -3.88. The van der Waals surface area contributed by atoms with E-state index in [-0.39, 0.29) is 37.9 Å². The molecule has 182 valence electrons. The van der Waals surface area contributed by atoms with Crippen LogP contribution in [-0.2, 0) is 14.3 Å². The highest BCUT2D eigenvalue weighted by Gasteiger charge is 2.40. The standard InChI is InChI=1S/C24H26FN7O3/c1-24(22(33)27-11-4-10-26)13-34-21(35-14-24)20-30-18(15-5-7-16(25)8-6-15)19(31-20)17-9-12-28-23(29-17)32(2)3/h5-9,12,21H,4,11,13-14H2,1-3H3,(H,27,33)(H,30,31). The zero-order valence-corrected chi connectivity index (χ0v) is 19.7. The van der Waals surface area contributed by atoms with Gasteiger partial charge < -0.3 is 24.7 Å². The lowest BCUT2D eigenvalue weighted by Crippen LogP contribution is -2.48. The minimum absolute atomic E-state index is 0.107. The third-order valence-corrected chi connectivity index (χ3v) is 5.54. The molecule has 0 spiro atoms. The molecule has 0 bridgehead atoms. The maximum Gasteiger partial charge on any atom is 0.230 e. The molecule has 10 nitrogen and oxygen atoms in total. The average Bonchev–Trinajstić information content (AvgIpc) is 3.30. The average molecular weight is 480 g/mol. The topological polar surface area (TPSA) is 129 Å². The van der Waals surface area contributed by atoms with E-state index in [1.54, 1.807) is 36.2 Å². The first kappa shape index (κ1) is 24.3. The molecular formula is C24H26FN7O3. The number of H-pyrrole nitrogens is 1. The third-order valence-electron chi connectivity index (χ3n) is 5.54. The van der Waals surface area contributed by atoms with Gasteiger partial charge in [0.25, 0.3) is 0 Å². The van der Waals surface area contributed by atoms with Crippen LogP contribution < -0.4 is 10.2 Å². The van der Waals surface area contributed by atoms with Crippen LogP contribution in [0.1, 0.15) is 25.5 Å². The van der Waals surface area contributed by atoms with Gasteiger partial charge in [0.05, 0.1) is 48.2 Å². The molecule has 0 saturated carbocycles. The first-order chi connectivity index (χ1) is 16.8. The lowest BCUT2D eigenvalue weighted by atomic mass is 9.91. The summed E-state index contributed by atoms with van der Waals surface area (Å²) in [4.78, 5) is 31.1. The smallest absolute Gasteiger partial charge is 0.230 e. The minimum Gasteiger partial charge on any atom is -0.354 e. The molecule has 2 N–H and O–H groups in total. The summed E-state index contributed by atoms with van der Waals surface area (Å²) in [6.07, 6.45) is 1.04. The number of carbonyl (C=O) groups excluding carboxylic acids is 1. The van der Waals surface area contributed by atoms with Crippen LogP contribution in [0.2, 0.25) is 0 Å². The van der Waals surface area contributed by atoms with Crippen molar-refractivity contribution in [1.82, 2.24) is 25.3 Å². The van der Waals surface area contributed by atoms with Crippen molar-refractivity contribution in [2.45, 2.75) is 19.6 Å². The number of ether oxygens (including phenoxy) is 2. The van der Waals surface area contributed by atoms with E-state index in [0.29, 0.717) is 34.4 Å². The van der Waals surface area contributed by atoms with Crippen molar-refractivity contribution in [2.75, 3.05) is 38.8 Å². The van der Waals surface area contributed by atoms with Crippen LogP contribution in [0.4, 0.5) is 10.3 Å². The van der Waals surface area contributed by atoms with E-state index in [2.05, 4.69) is 20.3 Å². The number of halogens is 1. The lowest BCUT2D eigenvalue weighted by Gasteiger charge is -2.35. The highest BCUT2D eigenvalue weighted by Crippen LogP contribution is 2.35. The first-order valence-corrected chi connectivity index (χ1v) is 11.1. The maximum atomic E-state index is 13.6. The Kier molecular flexibility index (Phi) is 7.04. The fourth-order valence-corrected chi connectivity index (χ4v) is 3.55. The van der Waals surface area contributed by atoms with Crippen molar-refractivity contribution in [2.24, 2.45) is 5.41 Å². The molecule has 1 aliphatic rings. The predicted octanol–water partition coefficient (Wildman–Crippen LogP) is 2.82. The number of hydrogen-bond acceptors (Lipinski definition) is 8. The van der Waals surface area contributed by atoms with Gasteiger partial charge in [-0.05, 0) is 37.3 Å². The molecule has 11 heteroatoms.